The van der Waals surface area contributed by atoms with Crippen LogP contribution in [0.15, 0.2) is 70.6 Å². The van der Waals surface area contributed by atoms with Crippen molar-refractivity contribution < 1.29 is 40.6 Å². The van der Waals surface area contributed by atoms with Gasteiger partial charge in [-0.2, -0.15) is 26.3 Å². The summed E-state index contributed by atoms with van der Waals surface area (Å²) < 4.78 is 94.6. The van der Waals surface area contributed by atoms with E-state index in [2.05, 4.69) is 9.98 Å². The number of methoxy groups -OCH3 is 1. The second-order valence-corrected chi connectivity index (χ2v) is 12.6. The van der Waals surface area contributed by atoms with Gasteiger partial charge in [0.2, 0.25) is 0 Å². The molecule has 0 aliphatic carbocycles. The van der Waals surface area contributed by atoms with Crippen molar-refractivity contribution in [2.75, 3.05) is 34.3 Å². The molecule has 0 unspecified atom stereocenters. The predicted molar refractivity (Wildman–Crippen MR) is 200 cm³/mol. The van der Waals surface area contributed by atoms with Crippen LogP contribution in [0.3, 0.4) is 0 Å². The highest BCUT2D eigenvalue weighted by molar-refractivity contribution is 6.31. The van der Waals surface area contributed by atoms with E-state index in [9.17, 15) is 26.3 Å². The smallest absolute Gasteiger partial charge is 0.417 e. The van der Waals surface area contributed by atoms with Gasteiger partial charge in [-0.25, -0.2) is 9.98 Å². The van der Waals surface area contributed by atoms with Crippen LogP contribution in [0, 0.1) is 20.8 Å². The van der Waals surface area contributed by atoms with Crippen LogP contribution in [0.25, 0.3) is 0 Å². The molecule has 0 heterocycles. The standard InChI is InChI=1S/C19H20ClF3N2O2.C19H20ClF3N2O/c1-5-25(3)11-24-16-10-17(26-4)18(8-12(16)2)27-13-6-7-15(20)14(9-13)19(21,22)23;1-5-25(4)11-24-17-8-13(3)18(9-12(17)2)26-14-6-7-16(20)15(10-14)19(21,22)23/h6-11H,5H2,1-4H3;6-11H,5H2,1-4H3. The Kier molecular flexibility index (Phi) is 14.9. The topological polar surface area (TPSA) is 58.9 Å². The molecular formula is C38H40Cl2F6N4O3. The maximum absolute atomic E-state index is 13.0. The quantitative estimate of drug-likeness (QED) is 0.0861. The third-order valence-electron chi connectivity index (χ3n) is 7.70. The molecule has 0 aliphatic rings. The molecule has 53 heavy (non-hydrogen) atoms. The molecule has 15 heteroatoms. The Morgan fingerprint density at radius 3 is 1.43 bits per heavy atom. The average molecular weight is 786 g/mol. The van der Waals surface area contributed by atoms with E-state index < -0.39 is 23.5 Å². The minimum absolute atomic E-state index is 0.00592. The summed E-state index contributed by atoms with van der Waals surface area (Å²) in [5.41, 5.74) is 1.99. The maximum atomic E-state index is 13.0. The van der Waals surface area contributed by atoms with Gasteiger partial charge in [0.05, 0.1) is 52.3 Å². The third-order valence-corrected chi connectivity index (χ3v) is 8.36. The molecule has 0 bridgehead atoms. The molecule has 4 aromatic rings. The van der Waals surface area contributed by atoms with Crippen molar-refractivity contribution in [3.63, 3.8) is 0 Å². The van der Waals surface area contributed by atoms with Crippen molar-refractivity contribution in [1.82, 2.24) is 9.80 Å². The number of aliphatic imine (C=N–C) groups is 2. The summed E-state index contributed by atoms with van der Waals surface area (Å²) in [4.78, 5) is 12.7. The zero-order valence-electron chi connectivity index (χ0n) is 30.4. The Balaban J connectivity index is 0.000000286. The van der Waals surface area contributed by atoms with E-state index in [1.165, 1.54) is 25.3 Å². The number of hydrogen-bond donors (Lipinski definition) is 0. The van der Waals surface area contributed by atoms with E-state index in [-0.39, 0.29) is 27.3 Å². The number of rotatable bonds is 11. The van der Waals surface area contributed by atoms with E-state index >= 15 is 0 Å². The van der Waals surface area contributed by atoms with Gasteiger partial charge in [-0.05, 0) is 106 Å². The molecule has 4 rings (SSSR count). The second kappa shape index (κ2) is 18.4. The second-order valence-electron chi connectivity index (χ2n) is 11.8. The van der Waals surface area contributed by atoms with Gasteiger partial charge in [0, 0.05) is 33.3 Å². The van der Waals surface area contributed by atoms with Crippen LogP contribution in [0.1, 0.15) is 41.7 Å². The summed E-state index contributed by atoms with van der Waals surface area (Å²) in [7, 11) is 5.26. The molecule has 7 nitrogen and oxygen atoms in total. The predicted octanol–water partition coefficient (Wildman–Crippen LogP) is 12.5. The number of alkyl halides is 6. The van der Waals surface area contributed by atoms with E-state index in [0.717, 1.165) is 53.7 Å². The number of hydrogen-bond acceptors (Lipinski definition) is 5. The van der Waals surface area contributed by atoms with E-state index in [1.54, 1.807) is 30.9 Å². The first kappa shape index (κ1) is 42.8. The normalized spacial score (nSPS) is 11.8. The van der Waals surface area contributed by atoms with Crippen LogP contribution in [-0.4, -0.2) is 56.8 Å². The molecule has 286 valence electrons. The van der Waals surface area contributed by atoms with Crippen molar-refractivity contribution in [1.29, 1.82) is 0 Å². The fourth-order valence-electron chi connectivity index (χ4n) is 4.36. The zero-order chi connectivity index (χ0) is 39.7. The minimum atomic E-state index is -4.57. The summed E-state index contributed by atoms with van der Waals surface area (Å²) >= 11 is 11.3. The molecule has 4 aromatic carbocycles. The molecule has 0 amide bonds. The van der Waals surface area contributed by atoms with Gasteiger partial charge in [0.15, 0.2) is 11.5 Å². The summed E-state index contributed by atoms with van der Waals surface area (Å²) in [6.07, 6.45) is -5.68. The van der Waals surface area contributed by atoms with Crippen molar-refractivity contribution in [2.24, 2.45) is 9.98 Å². The van der Waals surface area contributed by atoms with Crippen molar-refractivity contribution in [3.8, 4) is 28.7 Å². The van der Waals surface area contributed by atoms with Crippen LogP contribution < -0.4 is 14.2 Å². The van der Waals surface area contributed by atoms with Crippen LogP contribution in [0.5, 0.6) is 28.7 Å². The third kappa shape index (κ3) is 12.2. The average Bonchev–Trinajstić information content (AvgIpc) is 3.09. The molecular weight excluding hydrogens is 745 g/mol. The first-order valence-electron chi connectivity index (χ1n) is 16.1. The first-order chi connectivity index (χ1) is 24.8. The number of nitrogens with zero attached hydrogens (tertiary/aromatic N) is 4. The van der Waals surface area contributed by atoms with Crippen molar-refractivity contribution in [2.45, 2.75) is 47.0 Å². The summed E-state index contributed by atoms with van der Waals surface area (Å²) in [5.74, 6) is 1.20. The number of benzene rings is 4. The summed E-state index contributed by atoms with van der Waals surface area (Å²) in [6, 6.07) is 13.8. The van der Waals surface area contributed by atoms with E-state index in [4.69, 9.17) is 37.4 Å². The highest BCUT2D eigenvalue weighted by Gasteiger charge is 2.34. The molecule has 0 fully saturated rings. The maximum Gasteiger partial charge on any atom is 0.417 e. The van der Waals surface area contributed by atoms with Crippen LogP contribution in [0.4, 0.5) is 37.7 Å². The molecule has 0 aromatic heterocycles. The highest BCUT2D eigenvalue weighted by Crippen LogP contribution is 2.42. The van der Waals surface area contributed by atoms with Gasteiger partial charge >= 0.3 is 12.4 Å². The minimum Gasteiger partial charge on any atom is -0.493 e. The summed E-state index contributed by atoms with van der Waals surface area (Å²) in [6.45, 7) is 11.2. The number of halogens is 8. The van der Waals surface area contributed by atoms with Gasteiger partial charge in [-0.15, -0.1) is 0 Å². The van der Waals surface area contributed by atoms with E-state index in [0.29, 0.717) is 17.2 Å². The molecule has 0 N–H and O–H groups in total. The van der Waals surface area contributed by atoms with Crippen LogP contribution >= 0.6 is 23.2 Å². The number of ether oxygens (including phenoxy) is 3. The Labute approximate surface area is 315 Å². The molecule has 0 aliphatic heterocycles. The van der Waals surface area contributed by atoms with Gasteiger partial charge < -0.3 is 24.0 Å². The van der Waals surface area contributed by atoms with E-state index in [1.807, 2.05) is 64.6 Å². The zero-order valence-corrected chi connectivity index (χ0v) is 31.9. The lowest BCUT2D eigenvalue weighted by atomic mass is 10.1. The van der Waals surface area contributed by atoms with Gasteiger partial charge in [-0.3, -0.25) is 0 Å². The molecule has 0 saturated carbocycles. The summed E-state index contributed by atoms with van der Waals surface area (Å²) in [5, 5.41) is -0.745. The van der Waals surface area contributed by atoms with Gasteiger partial charge in [0.25, 0.3) is 0 Å². The monoisotopic (exact) mass is 784 g/mol. The molecule has 0 radical (unpaired) electrons. The Bertz CT molecular complexity index is 1930. The van der Waals surface area contributed by atoms with Gasteiger partial charge in [-0.1, -0.05) is 23.2 Å². The lowest BCUT2D eigenvalue weighted by molar-refractivity contribution is -0.138. The van der Waals surface area contributed by atoms with Gasteiger partial charge in [0.1, 0.15) is 17.2 Å². The first-order valence-corrected chi connectivity index (χ1v) is 16.9. The Morgan fingerprint density at radius 2 is 1.02 bits per heavy atom. The fourth-order valence-corrected chi connectivity index (χ4v) is 4.81. The Hall–Kier alpha value is -4.62. The van der Waals surface area contributed by atoms with Crippen LogP contribution in [0.2, 0.25) is 10.0 Å². The van der Waals surface area contributed by atoms with Crippen molar-refractivity contribution in [3.05, 3.63) is 98.5 Å². The van der Waals surface area contributed by atoms with Crippen LogP contribution in [-0.2, 0) is 12.4 Å². The highest BCUT2D eigenvalue weighted by atomic mass is 35.5. The molecule has 0 atom stereocenters. The SMILES string of the molecule is CCN(C)C=Nc1cc(C)c(Oc2ccc(Cl)c(C(F)(F)F)c2)cc1C.CCN(C)C=Nc1cc(OC)c(Oc2ccc(Cl)c(C(F)(F)F)c2)cc1C. The molecule has 0 saturated heterocycles. The largest absolute Gasteiger partial charge is 0.493 e. The van der Waals surface area contributed by atoms with Crippen molar-refractivity contribution >= 4 is 47.3 Å². The lowest BCUT2D eigenvalue weighted by Gasteiger charge is -2.15. The Morgan fingerprint density at radius 1 is 0.604 bits per heavy atom. The lowest BCUT2D eigenvalue weighted by Crippen LogP contribution is -2.14. The fraction of sp³-hybridized carbons (Fsp3) is 0.316. The number of aryl methyl sites for hydroxylation is 3. The molecule has 0 spiro atoms.